The van der Waals surface area contributed by atoms with Gasteiger partial charge in [0, 0.05) is 23.3 Å². The number of carbonyl (C=O) groups excluding carboxylic acids is 2. The molecule has 144 valence electrons. The molecule has 2 aromatic rings. The van der Waals surface area contributed by atoms with E-state index in [0.29, 0.717) is 40.4 Å². The smallest absolute Gasteiger partial charge is 0.255 e. The molecule has 0 fully saturated rings. The number of likely N-dealkylation sites (N-methyl/N-ethyl adjacent to an activating group) is 1. The summed E-state index contributed by atoms with van der Waals surface area (Å²) in [6.45, 7) is 4.71. The highest BCUT2D eigenvalue weighted by Gasteiger charge is 2.17. The van der Waals surface area contributed by atoms with Gasteiger partial charge in [-0.2, -0.15) is 0 Å². The second-order valence-corrected chi connectivity index (χ2v) is 6.57. The van der Waals surface area contributed by atoms with Gasteiger partial charge in [-0.05, 0) is 54.0 Å². The summed E-state index contributed by atoms with van der Waals surface area (Å²) in [6.07, 6.45) is 0. The molecule has 0 radical (unpaired) electrons. The first kappa shape index (κ1) is 20.8. The molecule has 2 aromatic carbocycles. The maximum absolute atomic E-state index is 12.5. The summed E-state index contributed by atoms with van der Waals surface area (Å²) in [5.41, 5.74) is 1.08. The predicted molar refractivity (Wildman–Crippen MR) is 109 cm³/mol. The Kier molecular flexibility index (Phi) is 7.67. The zero-order valence-electron chi connectivity index (χ0n) is 15.6. The van der Waals surface area contributed by atoms with E-state index in [2.05, 4.69) is 21.2 Å². The largest absolute Gasteiger partial charge is 0.490 e. The van der Waals surface area contributed by atoms with Crippen molar-refractivity contribution in [3.8, 4) is 11.5 Å². The molecule has 7 heteroatoms. The number of hydrogen-bond donors (Lipinski definition) is 1. The van der Waals surface area contributed by atoms with Gasteiger partial charge in [0.15, 0.2) is 11.5 Å². The summed E-state index contributed by atoms with van der Waals surface area (Å²) >= 11 is 3.35. The number of halogens is 1. The van der Waals surface area contributed by atoms with Gasteiger partial charge in [0.25, 0.3) is 5.91 Å². The van der Waals surface area contributed by atoms with Crippen LogP contribution in [0, 0.1) is 0 Å². The van der Waals surface area contributed by atoms with Gasteiger partial charge in [-0.25, -0.2) is 0 Å². The minimum atomic E-state index is -0.301. The van der Waals surface area contributed by atoms with E-state index in [9.17, 15) is 9.59 Å². The third-order valence-electron chi connectivity index (χ3n) is 3.66. The van der Waals surface area contributed by atoms with Gasteiger partial charge in [-0.3, -0.25) is 9.59 Å². The molecule has 0 spiro atoms. The van der Waals surface area contributed by atoms with E-state index in [0.717, 1.165) is 0 Å². The Morgan fingerprint density at radius 1 is 1.04 bits per heavy atom. The molecule has 0 saturated heterocycles. The van der Waals surface area contributed by atoms with Gasteiger partial charge in [-0.1, -0.05) is 12.1 Å². The quantitative estimate of drug-likeness (QED) is 0.682. The van der Waals surface area contributed by atoms with E-state index in [1.165, 1.54) is 4.90 Å². The molecule has 0 atom stereocenters. The van der Waals surface area contributed by atoms with Gasteiger partial charge >= 0.3 is 0 Å². The highest BCUT2D eigenvalue weighted by Crippen LogP contribution is 2.30. The van der Waals surface area contributed by atoms with Gasteiger partial charge in [0.2, 0.25) is 5.91 Å². The van der Waals surface area contributed by atoms with Crippen molar-refractivity contribution in [2.24, 2.45) is 0 Å². The van der Waals surface area contributed by atoms with E-state index < -0.39 is 0 Å². The summed E-state index contributed by atoms with van der Waals surface area (Å²) < 4.78 is 11.8. The minimum absolute atomic E-state index is 0.0721. The Bertz CT molecular complexity index is 810. The van der Waals surface area contributed by atoms with Crippen LogP contribution in [0.15, 0.2) is 46.9 Å². The molecule has 2 amide bonds. The first-order valence-electron chi connectivity index (χ1n) is 8.65. The lowest BCUT2D eigenvalue weighted by molar-refractivity contribution is -0.116. The second kappa shape index (κ2) is 9.97. The first-order chi connectivity index (χ1) is 13.0. The van der Waals surface area contributed by atoms with Crippen LogP contribution in [-0.4, -0.2) is 43.5 Å². The molecule has 0 heterocycles. The number of rotatable bonds is 8. The average molecular weight is 435 g/mol. The summed E-state index contributed by atoms with van der Waals surface area (Å²) in [4.78, 5) is 26.2. The minimum Gasteiger partial charge on any atom is -0.490 e. The van der Waals surface area contributed by atoms with E-state index in [-0.39, 0.29) is 18.4 Å². The fourth-order valence-electron chi connectivity index (χ4n) is 2.46. The number of amides is 2. The first-order valence-corrected chi connectivity index (χ1v) is 9.45. The lowest BCUT2D eigenvalue weighted by Crippen LogP contribution is -2.35. The Morgan fingerprint density at radius 2 is 1.70 bits per heavy atom. The van der Waals surface area contributed by atoms with Gasteiger partial charge in [-0.15, -0.1) is 0 Å². The van der Waals surface area contributed by atoms with E-state index >= 15 is 0 Å². The molecule has 0 aromatic heterocycles. The zero-order chi connectivity index (χ0) is 19.8. The molecular formula is C20H23BrN2O4. The maximum Gasteiger partial charge on any atom is 0.255 e. The van der Waals surface area contributed by atoms with Gasteiger partial charge in [0.05, 0.1) is 25.3 Å². The number of anilines is 1. The molecule has 0 bridgehead atoms. The summed E-state index contributed by atoms with van der Waals surface area (Å²) in [7, 11) is 1.59. The Hall–Kier alpha value is -2.54. The molecule has 2 rings (SSSR count). The Labute approximate surface area is 167 Å². The monoisotopic (exact) mass is 434 g/mol. The number of ether oxygens (including phenoxy) is 2. The fourth-order valence-corrected chi connectivity index (χ4v) is 2.91. The van der Waals surface area contributed by atoms with Crippen LogP contribution in [0.25, 0.3) is 0 Å². The molecule has 0 saturated carbocycles. The SMILES string of the molecule is CCOc1ccc(NC(=O)CN(C)C(=O)c2ccccc2Br)cc1OCC. The van der Waals surface area contributed by atoms with Crippen LogP contribution in [0.1, 0.15) is 24.2 Å². The van der Waals surface area contributed by atoms with Crippen LogP contribution in [-0.2, 0) is 4.79 Å². The van der Waals surface area contributed by atoms with Crippen molar-refractivity contribution >= 4 is 33.4 Å². The molecule has 1 N–H and O–H groups in total. The average Bonchev–Trinajstić information content (AvgIpc) is 2.64. The number of nitrogens with zero attached hydrogens (tertiary/aromatic N) is 1. The summed E-state index contributed by atoms with van der Waals surface area (Å²) in [5.74, 6) is 0.650. The summed E-state index contributed by atoms with van der Waals surface area (Å²) in [5, 5.41) is 2.78. The predicted octanol–water partition coefficient (Wildman–Crippen LogP) is 3.96. The van der Waals surface area contributed by atoms with Crippen molar-refractivity contribution in [3.63, 3.8) is 0 Å². The third kappa shape index (κ3) is 5.72. The standard InChI is InChI=1S/C20H23BrN2O4/c1-4-26-17-11-10-14(12-18(17)27-5-2)22-19(24)13-23(3)20(25)15-8-6-7-9-16(15)21/h6-12H,4-5,13H2,1-3H3,(H,22,24). The molecule has 27 heavy (non-hydrogen) atoms. The van der Waals surface area contributed by atoms with Crippen LogP contribution in [0.5, 0.6) is 11.5 Å². The second-order valence-electron chi connectivity index (χ2n) is 5.72. The van der Waals surface area contributed by atoms with Crippen LogP contribution in [0.4, 0.5) is 5.69 Å². The van der Waals surface area contributed by atoms with Crippen molar-refractivity contribution in [1.82, 2.24) is 4.90 Å². The zero-order valence-corrected chi connectivity index (χ0v) is 17.2. The van der Waals surface area contributed by atoms with Crippen molar-refractivity contribution < 1.29 is 19.1 Å². The fraction of sp³-hybridized carbons (Fsp3) is 0.300. The van der Waals surface area contributed by atoms with Crippen molar-refractivity contribution in [2.75, 3.05) is 32.1 Å². The molecule has 0 aliphatic rings. The molecule has 0 aliphatic carbocycles. The van der Waals surface area contributed by atoms with Crippen molar-refractivity contribution in [3.05, 3.63) is 52.5 Å². The third-order valence-corrected chi connectivity index (χ3v) is 4.35. The topological polar surface area (TPSA) is 67.9 Å². The lowest BCUT2D eigenvalue weighted by Gasteiger charge is -2.18. The maximum atomic E-state index is 12.5. The lowest BCUT2D eigenvalue weighted by atomic mass is 10.2. The van der Waals surface area contributed by atoms with Crippen molar-refractivity contribution in [2.45, 2.75) is 13.8 Å². The number of nitrogens with one attached hydrogen (secondary N) is 1. The number of benzene rings is 2. The van der Waals surface area contributed by atoms with Crippen LogP contribution < -0.4 is 14.8 Å². The Balaban J connectivity index is 2.03. The Morgan fingerprint density at radius 3 is 2.37 bits per heavy atom. The van der Waals surface area contributed by atoms with Gasteiger partial charge in [0.1, 0.15) is 0 Å². The number of hydrogen-bond acceptors (Lipinski definition) is 4. The van der Waals surface area contributed by atoms with Crippen LogP contribution >= 0.6 is 15.9 Å². The van der Waals surface area contributed by atoms with Crippen LogP contribution in [0.2, 0.25) is 0 Å². The van der Waals surface area contributed by atoms with E-state index in [1.54, 1.807) is 43.4 Å². The highest BCUT2D eigenvalue weighted by molar-refractivity contribution is 9.10. The molecule has 6 nitrogen and oxygen atoms in total. The summed E-state index contributed by atoms with van der Waals surface area (Å²) in [6, 6.07) is 12.3. The molecule has 0 unspecified atom stereocenters. The van der Waals surface area contributed by atoms with E-state index in [1.807, 2.05) is 19.9 Å². The molecule has 0 aliphatic heterocycles. The molecular weight excluding hydrogens is 412 g/mol. The van der Waals surface area contributed by atoms with E-state index in [4.69, 9.17) is 9.47 Å². The highest BCUT2D eigenvalue weighted by atomic mass is 79.9. The normalized spacial score (nSPS) is 10.2. The number of carbonyl (C=O) groups is 2. The van der Waals surface area contributed by atoms with Crippen LogP contribution in [0.3, 0.4) is 0 Å². The van der Waals surface area contributed by atoms with Crippen molar-refractivity contribution in [1.29, 1.82) is 0 Å². The van der Waals surface area contributed by atoms with Gasteiger partial charge < -0.3 is 19.7 Å².